The van der Waals surface area contributed by atoms with Crippen LogP contribution in [0.25, 0.3) is 0 Å². The molecule has 2 amide bonds. The minimum atomic E-state index is -0.540. The molecular weight excluding hydrogens is 220 g/mol. The van der Waals surface area contributed by atoms with Crippen molar-refractivity contribution >= 4 is 12.0 Å². The zero-order valence-corrected chi connectivity index (χ0v) is 10.2. The van der Waals surface area contributed by atoms with E-state index >= 15 is 0 Å². The van der Waals surface area contributed by atoms with Crippen LogP contribution >= 0.6 is 0 Å². The summed E-state index contributed by atoms with van der Waals surface area (Å²) in [5, 5.41) is 13.5. The van der Waals surface area contributed by atoms with Gasteiger partial charge >= 0.3 is 6.03 Å². The fourth-order valence-electron chi connectivity index (χ4n) is 1.37. The minimum absolute atomic E-state index is 0.426. The van der Waals surface area contributed by atoms with Crippen molar-refractivity contribution in [2.45, 2.75) is 26.7 Å². The first-order chi connectivity index (χ1) is 8.17. The van der Waals surface area contributed by atoms with Crippen LogP contribution in [-0.4, -0.2) is 34.3 Å². The number of anilines is 1. The van der Waals surface area contributed by atoms with Gasteiger partial charge in [0.1, 0.15) is 0 Å². The Morgan fingerprint density at radius 1 is 1.18 bits per heavy atom. The van der Waals surface area contributed by atoms with Crippen LogP contribution in [-0.2, 0) is 12.8 Å². The summed E-state index contributed by atoms with van der Waals surface area (Å²) in [6.45, 7) is 4.99. The van der Waals surface area contributed by atoms with Gasteiger partial charge < -0.3 is 16.4 Å². The van der Waals surface area contributed by atoms with Crippen LogP contribution in [0, 0.1) is 0 Å². The summed E-state index contributed by atoms with van der Waals surface area (Å²) >= 11 is 0. The summed E-state index contributed by atoms with van der Waals surface area (Å²) in [4.78, 5) is 14.8. The average molecular weight is 238 g/mol. The number of aryl methyl sites for hydroxylation is 2. The molecule has 0 spiro atoms. The molecule has 0 aliphatic heterocycles. The van der Waals surface area contributed by atoms with Crippen molar-refractivity contribution < 1.29 is 4.79 Å². The number of carbonyl (C=O) groups is 1. The van der Waals surface area contributed by atoms with Gasteiger partial charge in [0.25, 0.3) is 0 Å². The normalized spacial score (nSPS) is 10.0. The van der Waals surface area contributed by atoms with Crippen molar-refractivity contribution in [2.75, 3.05) is 18.4 Å². The maximum Gasteiger partial charge on any atom is 0.312 e. The molecule has 17 heavy (non-hydrogen) atoms. The highest BCUT2D eigenvalue weighted by molar-refractivity contribution is 5.71. The number of aromatic nitrogens is 3. The van der Waals surface area contributed by atoms with Gasteiger partial charge in [-0.15, -0.1) is 5.10 Å². The molecule has 1 rings (SSSR count). The number of carbonyl (C=O) groups excluding carboxylic acids is 1. The molecule has 4 N–H and O–H groups in total. The number of hydrogen-bond donors (Lipinski definition) is 3. The average Bonchev–Trinajstić information content (AvgIpc) is 2.34. The molecule has 1 aromatic heterocycles. The van der Waals surface area contributed by atoms with E-state index in [1.807, 2.05) is 13.8 Å². The fourth-order valence-corrected chi connectivity index (χ4v) is 1.37. The van der Waals surface area contributed by atoms with E-state index in [9.17, 15) is 4.79 Å². The molecule has 0 saturated carbocycles. The monoisotopic (exact) mass is 238 g/mol. The number of primary amides is 1. The molecule has 0 unspecified atom stereocenters. The minimum Gasteiger partial charge on any atom is -0.352 e. The Labute approximate surface area is 100 Å². The van der Waals surface area contributed by atoms with E-state index in [0.29, 0.717) is 19.0 Å². The second-order valence-electron chi connectivity index (χ2n) is 3.45. The van der Waals surface area contributed by atoms with Gasteiger partial charge in [0.05, 0.1) is 11.4 Å². The summed E-state index contributed by atoms with van der Waals surface area (Å²) in [5.74, 6) is 0.477. The Morgan fingerprint density at radius 2 is 1.88 bits per heavy atom. The summed E-state index contributed by atoms with van der Waals surface area (Å²) in [6, 6.07) is -0.540. The van der Waals surface area contributed by atoms with E-state index in [2.05, 4.69) is 25.8 Å². The SMILES string of the molecule is CCc1nnc(NCCNC(N)=O)nc1CC. The van der Waals surface area contributed by atoms with Gasteiger partial charge in [-0.05, 0) is 12.8 Å². The number of amides is 2. The topological polar surface area (TPSA) is 106 Å². The molecule has 0 bridgehead atoms. The second-order valence-corrected chi connectivity index (χ2v) is 3.45. The quantitative estimate of drug-likeness (QED) is 0.608. The van der Waals surface area contributed by atoms with Gasteiger partial charge in [0, 0.05) is 13.1 Å². The first kappa shape index (κ1) is 13.1. The highest BCUT2D eigenvalue weighted by Crippen LogP contribution is 2.06. The Kier molecular flexibility index (Phi) is 5.12. The molecule has 7 heteroatoms. The largest absolute Gasteiger partial charge is 0.352 e. The first-order valence-electron chi connectivity index (χ1n) is 5.67. The Balaban J connectivity index is 2.51. The summed E-state index contributed by atoms with van der Waals surface area (Å²) in [6.07, 6.45) is 1.65. The molecule has 0 aromatic carbocycles. The number of urea groups is 1. The van der Waals surface area contributed by atoms with Crippen molar-refractivity contribution in [1.29, 1.82) is 0 Å². The van der Waals surface area contributed by atoms with E-state index in [-0.39, 0.29) is 0 Å². The van der Waals surface area contributed by atoms with E-state index in [4.69, 9.17) is 5.73 Å². The lowest BCUT2D eigenvalue weighted by Gasteiger charge is -2.07. The molecule has 0 radical (unpaired) electrons. The van der Waals surface area contributed by atoms with Crippen LogP contribution in [0.4, 0.5) is 10.7 Å². The predicted octanol–water partition coefficient (Wildman–Crippen LogP) is 0.0766. The van der Waals surface area contributed by atoms with Crippen molar-refractivity contribution in [1.82, 2.24) is 20.5 Å². The molecule has 94 valence electrons. The highest BCUT2D eigenvalue weighted by Gasteiger charge is 2.05. The number of nitrogens with one attached hydrogen (secondary N) is 2. The van der Waals surface area contributed by atoms with Crippen LogP contribution < -0.4 is 16.4 Å². The van der Waals surface area contributed by atoms with E-state index in [0.717, 1.165) is 24.2 Å². The third-order valence-electron chi connectivity index (χ3n) is 2.22. The van der Waals surface area contributed by atoms with E-state index in [1.54, 1.807) is 0 Å². The van der Waals surface area contributed by atoms with Crippen LogP contribution in [0.3, 0.4) is 0 Å². The van der Waals surface area contributed by atoms with Gasteiger partial charge in [-0.2, -0.15) is 5.10 Å². The highest BCUT2D eigenvalue weighted by atomic mass is 16.2. The molecule has 1 heterocycles. The number of rotatable bonds is 6. The fraction of sp³-hybridized carbons (Fsp3) is 0.600. The standard InChI is InChI=1S/C10H18N6O/c1-3-7-8(4-2)15-16-10(14-7)13-6-5-12-9(11)17/h3-6H2,1-2H3,(H3,11,12,17)(H,13,14,16). The Morgan fingerprint density at radius 3 is 2.47 bits per heavy atom. The van der Waals surface area contributed by atoms with Gasteiger partial charge in [-0.25, -0.2) is 9.78 Å². The Bertz CT molecular complexity index is 381. The molecule has 0 aliphatic carbocycles. The van der Waals surface area contributed by atoms with E-state index < -0.39 is 6.03 Å². The van der Waals surface area contributed by atoms with Gasteiger partial charge in [-0.3, -0.25) is 0 Å². The maximum absolute atomic E-state index is 10.4. The van der Waals surface area contributed by atoms with Crippen molar-refractivity contribution in [3.63, 3.8) is 0 Å². The van der Waals surface area contributed by atoms with Crippen LogP contribution in [0.2, 0.25) is 0 Å². The molecule has 0 aliphatic rings. The summed E-state index contributed by atoms with van der Waals surface area (Å²) in [5.41, 5.74) is 6.81. The zero-order chi connectivity index (χ0) is 12.7. The van der Waals surface area contributed by atoms with E-state index in [1.165, 1.54) is 0 Å². The smallest absolute Gasteiger partial charge is 0.312 e. The molecule has 0 saturated heterocycles. The molecule has 1 aromatic rings. The lowest BCUT2D eigenvalue weighted by atomic mass is 10.2. The van der Waals surface area contributed by atoms with Gasteiger partial charge in [0.15, 0.2) is 0 Å². The summed E-state index contributed by atoms with van der Waals surface area (Å²) < 4.78 is 0. The number of hydrogen-bond acceptors (Lipinski definition) is 5. The maximum atomic E-state index is 10.4. The number of nitrogens with two attached hydrogens (primary N) is 1. The summed E-state index contributed by atoms with van der Waals surface area (Å²) in [7, 11) is 0. The third kappa shape index (κ3) is 4.21. The van der Waals surface area contributed by atoms with Gasteiger partial charge in [-0.1, -0.05) is 13.8 Å². The predicted molar refractivity (Wildman–Crippen MR) is 64.7 cm³/mol. The van der Waals surface area contributed by atoms with Gasteiger partial charge in [0.2, 0.25) is 5.95 Å². The zero-order valence-electron chi connectivity index (χ0n) is 10.2. The lowest BCUT2D eigenvalue weighted by Crippen LogP contribution is -2.33. The molecule has 0 fully saturated rings. The van der Waals surface area contributed by atoms with Crippen LogP contribution in [0.15, 0.2) is 0 Å². The molecule has 0 atom stereocenters. The van der Waals surface area contributed by atoms with Crippen molar-refractivity contribution in [2.24, 2.45) is 5.73 Å². The third-order valence-corrected chi connectivity index (χ3v) is 2.22. The Hall–Kier alpha value is -1.92. The molecule has 7 nitrogen and oxygen atoms in total. The van der Waals surface area contributed by atoms with Crippen LogP contribution in [0.5, 0.6) is 0 Å². The lowest BCUT2D eigenvalue weighted by molar-refractivity contribution is 0.249. The van der Waals surface area contributed by atoms with Crippen LogP contribution in [0.1, 0.15) is 25.2 Å². The van der Waals surface area contributed by atoms with Crippen molar-refractivity contribution in [3.8, 4) is 0 Å². The first-order valence-corrected chi connectivity index (χ1v) is 5.67. The molecular formula is C10H18N6O. The number of nitrogens with zero attached hydrogens (tertiary/aromatic N) is 3. The second kappa shape index (κ2) is 6.62. The van der Waals surface area contributed by atoms with Crippen molar-refractivity contribution in [3.05, 3.63) is 11.4 Å².